The molecule has 1 heterocycles. The standard InChI is InChI=1S/C14H23NO4/c1-11(17)14(7-9-16)6-5-8-15(10-14)12(18)19-13(2,3)4/h9H,5-8,10H2,1-4H3. The number of aldehydes is 1. The van der Waals surface area contributed by atoms with E-state index in [1.54, 1.807) is 25.7 Å². The molecule has 1 aliphatic rings. The van der Waals surface area contributed by atoms with E-state index >= 15 is 0 Å². The van der Waals surface area contributed by atoms with Crippen molar-refractivity contribution in [1.29, 1.82) is 0 Å². The van der Waals surface area contributed by atoms with E-state index in [0.717, 1.165) is 6.29 Å². The number of ether oxygens (including phenoxy) is 1. The first-order valence-electron chi connectivity index (χ1n) is 6.63. The van der Waals surface area contributed by atoms with Crippen molar-refractivity contribution in [3.63, 3.8) is 0 Å². The third kappa shape index (κ3) is 4.04. The molecule has 5 heteroatoms. The molecular formula is C14H23NO4. The highest BCUT2D eigenvalue weighted by Gasteiger charge is 2.41. The summed E-state index contributed by atoms with van der Waals surface area (Å²) in [4.78, 5) is 36.2. The minimum absolute atomic E-state index is 0.0344. The van der Waals surface area contributed by atoms with Crippen molar-refractivity contribution in [2.75, 3.05) is 13.1 Å². The first-order valence-corrected chi connectivity index (χ1v) is 6.63. The summed E-state index contributed by atoms with van der Waals surface area (Å²) >= 11 is 0. The molecule has 1 amide bonds. The van der Waals surface area contributed by atoms with Gasteiger partial charge in [0.15, 0.2) is 0 Å². The Morgan fingerprint density at radius 3 is 2.47 bits per heavy atom. The van der Waals surface area contributed by atoms with Gasteiger partial charge in [-0.2, -0.15) is 0 Å². The third-order valence-electron chi connectivity index (χ3n) is 3.45. The number of hydrogen-bond donors (Lipinski definition) is 0. The Hall–Kier alpha value is -1.39. The van der Waals surface area contributed by atoms with Gasteiger partial charge in [-0.25, -0.2) is 4.79 Å². The van der Waals surface area contributed by atoms with Crippen molar-refractivity contribution in [3.8, 4) is 0 Å². The smallest absolute Gasteiger partial charge is 0.410 e. The van der Waals surface area contributed by atoms with Gasteiger partial charge >= 0.3 is 6.09 Å². The second-order valence-electron chi connectivity index (χ2n) is 6.21. The second kappa shape index (κ2) is 5.72. The van der Waals surface area contributed by atoms with Crippen LogP contribution in [0.4, 0.5) is 4.79 Å². The van der Waals surface area contributed by atoms with Gasteiger partial charge in [-0.3, -0.25) is 4.79 Å². The molecule has 0 aromatic carbocycles. The third-order valence-corrected chi connectivity index (χ3v) is 3.45. The number of carbonyl (C=O) groups excluding carboxylic acids is 3. The minimum atomic E-state index is -0.725. The number of rotatable bonds is 3. The summed E-state index contributed by atoms with van der Waals surface area (Å²) in [6.07, 6.45) is 1.89. The number of Topliss-reactive ketones (excluding diaryl/α,β-unsaturated/α-hetero) is 1. The van der Waals surface area contributed by atoms with Crippen LogP contribution in [0.3, 0.4) is 0 Å². The summed E-state index contributed by atoms with van der Waals surface area (Å²) in [7, 11) is 0. The number of ketones is 1. The van der Waals surface area contributed by atoms with Crippen LogP contribution in [0, 0.1) is 5.41 Å². The summed E-state index contributed by atoms with van der Waals surface area (Å²) in [5, 5.41) is 0. The summed E-state index contributed by atoms with van der Waals surface area (Å²) in [6.45, 7) is 7.75. The van der Waals surface area contributed by atoms with Crippen LogP contribution in [0.25, 0.3) is 0 Å². The lowest BCUT2D eigenvalue weighted by molar-refractivity contribution is -0.132. The summed E-state index contributed by atoms with van der Waals surface area (Å²) in [6, 6.07) is 0. The summed E-state index contributed by atoms with van der Waals surface area (Å²) in [5.74, 6) is -0.0344. The fourth-order valence-corrected chi connectivity index (χ4v) is 2.37. The molecule has 1 rings (SSSR count). The number of carbonyl (C=O) groups is 3. The predicted molar refractivity (Wildman–Crippen MR) is 70.8 cm³/mol. The van der Waals surface area contributed by atoms with E-state index in [1.807, 2.05) is 0 Å². The van der Waals surface area contributed by atoms with Gasteiger partial charge < -0.3 is 14.4 Å². The number of likely N-dealkylation sites (tertiary alicyclic amines) is 1. The largest absolute Gasteiger partial charge is 0.444 e. The molecule has 1 aliphatic heterocycles. The van der Waals surface area contributed by atoms with Crippen molar-refractivity contribution in [2.24, 2.45) is 5.41 Å². The van der Waals surface area contributed by atoms with Crippen molar-refractivity contribution in [2.45, 2.75) is 52.6 Å². The van der Waals surface area contributed by atoms with Gasteiger partial charge in [0.2, 0.25) is 0 Å². The number of hydrogen-bond acceptors (Lipinski definition) is 4. The molecule has 0 N–H and O–H groups in total. The minimum Gasteiger partial charge on any atom is -0.444 e. The van der Waals surface area contributed by atoms with Crippen molar-refractivity contribution in [1.82, 2.24) is 4.90 Å². The molecule has 0 spiro atoms. The topological polar surface area (TPSA) is 63.7 Å². The van der Waals surface area contributed by atoms with Crippen molar-refractivity contribution in [3.05, 3.63) is 0 Å². The van der Waals surface area contributed by atoms with E-state index in [9.17, 15) is 14.4 Å². The summed E-state index contributed by atoms with van der Waals surface area (Å²) in [5.41, 5.74) is -1.28. The Labute approximate surface area is 114 Å². The molecule has 1 fully saturated rings. The highest BCUT2D eigenvalue weighted by molar-refractivity contribution is 5.85. The van der Waals surface area contributed by atoms with Gasteiger partial charge in [-0.1, -0.05) is 0 Å². The van der Waals surface area contributed by atoms with Crippen LogP contribution in [0.2, 0.25) is 0 Å². The molecular weight excluding hydrogens is 246 g/mol. The van der Waals surface area contributed by atoms with E-state index in [0.29, 0.717) is 19.4 Å². The van der Waals surface area contributed by atoms with Gasteiger partial charge in [-0.15, -0.1) is 0 Å². The zero-order valence-corrected chi connectivity index (χ0v) is 12.2. The number of piperidine rings is 1. The van der Waals surface area contributed by atoms with Gasteiger partial charge in [0, 0.05) is 19.5 Å². The fourth-order valence-electron chi connectivity index (χ4n) is 2.37. The maximum Gasteiger partial charge on any atom is 0.410 e. The molecule has 1 unspecified atom stereocenters. The molecule has 5 nitrogen and oxygen atoms in total. The van der Waals surface area contributed by atoms with Gasteiger partial charge in [0.1, 0.15) is 17.7 Å². The molecule has 0 radical (unpaired) electrons. The molecule has 0 aromatic rings. The monoisotopic (exact) mass is 269 g/mol. The van der Waals surface area contributed by atoms with E-state index in [4.69, 9.17) is 4.74 Å². The Balaban J connectivity index is 2.80. The van der Waals surface area contributed by atoms with Gasteiger partial charge in [0.05, 0.1) is 5.41 Å². The Bertz CT molecular complexity index is 372. The summed E-state index contributed by atoms with van der Waals surface area (Å²) < 4.78 is 5.32. The SMILES string of the molecule is CC(=O)C1(CC=O)CCCN(C(=O)OC(C)(C)C)C1. The highest BCUT2D eigenvalue weighted by atomic mass is 16.6. The van der Waals surface area contributed by atoms with Crippen LogP contribution in [-0.4, -0.2) is 41.8 Å². The maximum atomic E-state index is 12.0. The molecule has 0 aromatic heterocycles. The Morgan fingerprint density at radius 1 is 1.37 bits per heavy atom. The van der Waals surface area contributed by atoms with Crippen LogP contribution in [0.15, 0.2) is 0 Å². The van der Waals surface area contributed by atoms with E-state index < -0.39 is 17.1 Å². The van der Waals surface area contributed by atoms with Crippen LogP contribution in [0.5, 0.6) is 0 Å². The van der Waals surface area contributed by atoms with Crippen LogP contribution in [0.1, 0.15) is 47.0 Å². The predicted octanol–water partition coefficient (Wildman–Crippen LogP) is 2.18. The van der Waals surface area contributed by atoms with Gasteiger partial charge in [0.25, 0.3) is 0 Å². The normalized spacial score (nSPS) is 23.9. The van der Waals surface area contributed by atoms with E-state index in [-0.39, 0.29) is 18.7 Å². The van der Waals surface area contributed by atoms with E-state index in [2.05, 4.69) is 0 Å². The zero-order valence-electron chi connectivity index (χ0n) is 12.2. The lowest BCUT2D eigenvalue weighted by atomic mass is 9.74. The number of amides is 1. The first-order chi connectivity index (χ1) is 8.70. The average Bonchev–Trinajstić information content (AvgIpc) is 2.27. The lowest BCUT2D eigenvalue weighted by Crippen LogP contribution is -2.50. The second-order valence-corrected chi connectivity index (χ2v) is 6.21. The van der Waals surface area contributed by atoms with E-state index in [1.165, 1.54) is 6.92 Å². The van der Waals surface area contributed by atoms with Crippen molar-refractivity contribution < 1.29 is 19.1 Å². The average molecular weight is 269 g/mol. The Morgan fingerprint density at radius 2 is 2.00 bits per heavy atom. The molecule has 1 saturated heterocycles. The number of nitrogens with zero attached hydrogens (tertiary/aromatic N) is 1. The fraction of sp³-hybridized carbons (Fsp3) is 0.786. The zero-order chi connectivity index (χ0) is 14.7. The molecule has 0 saturated carbocycles. The Kier molecular flexibility index (Phi) is 4.71. The van der Waals surface area contributed by atoms with Crippen molar-refractivity contribution >= 4 is 18.2 Å². The quantitative estimate of drug-likeness (QED) is 0.737. The molecule has 108 valence electrons. The molecule has 19 heavy (non-hydrogen) atoms. The first kappa shape index (κ1) is 15.7. The highest BCUT2D eigenvalue weighted by Crippen LogP contribution is 2.34. The molecule has 1 atom stereocenters. The van der Waals surface area contributed by atoms with Gasteiger partial charge in [-0.05, 0) is 40.5 Å². The van der Waals surface area contributed by atoms with Crippen LogP contribution >= 0.6 is 0 Å². The molecule has 0 aliphatic carbocycles. The van der Waals surface area contributed by atoms with Crippen LogP contribution in [-0.2, 0) is 14.3 Å². The van der Waals surface area contributed by atoms with Crippen LogP contribution < -0.4 is 0 Å². The maximum absolute atomic E-state index is 12.0. The lowest BCUT2D eigenvalue weighted by Gasteiger charge is -2.40. The molecule has 0 bridgehead atoms.